The van der Waals surface area contributed by atoms with Gasteiger partial charge in [0.05, 0.1) is 0 Å². The highest BCUT2D eigenvalue weighted by atomic mass is 14.2. The Kier molecular flexibility index (Phi) is 9.98. The molecule has 0 saturated heterocycles. The number of hydrogen-bond acceptors (Lipinski definition) is 0. The third kappa shape index (κ3) is 8.78. The molecule has 1 saturated carbocycles. The first-order valence-electron chi connectivity index (χ1n) is 12.5. The van der Waals surface area contributed by atoms with Crippen LogP contribution in [0.25, 0.3) is 0 Å². The lowest BCUT2D eigenvalue weighted by Gasteiger charge is -2.26. The molecule has 31 heavy (non-hydrogen) atoms. The maximum absolute atomic E-state index is 3.79. The van der Waals surface area contributed by atoms with Gasteiger partial charge in [0.25, 0.3) is 0 Å². The molecule has 0 unspecified atom stereocenters. The average molecular weight is 413 g/mol. The molecule has 0 aliphatic heterocycles. The van der Waals surface area contributed by atoms with E-state index in [4.69, 9.17) is 0 Å². The van der Waals surface area contributed by atoms with Gasteiger partial charge in [-0.05, 0) is 85.8 Å². The van der Waals surface area contributed by atoms with E-state index in [-0.39, 0.29) is 0 Å². The van der Waals surface area contributed by atoms with Crippen molar-refractivity contribution >= 4 is 0 Å². The van der Waals surface area contributed by atoms with Crippen molar-refractivity contribution in [1.29, 1.82) is 0 Å². The van der Waals surface area contributed by atoms with Crippen molar-refractivity contribution in [3.8, 4) is 11.8 Å². The molecule has 2 aromatic rings. The van der Waals surface area contributed by atoms with Crippen molar-refractivity contribution in [2.45, 2.75) is 84.0 Å². The van der Waals surface area contributed by atoms with Crippen LogP contribution in [0, 0.1) is 23.7 Å². The Morgan fingerprint density at radius 2 is 1.29 bits per heavy atom. The van der Waals surface area contributed by atoms with E-state index < -0.39 is 0 Å². The largest absolute Gasteiger partial charge is 0.103 e. The van der Waals surface area contributed by atoms with Gasteiger partial charge in [0.15, 0.2) is 0 Å². The Bertz CT molecular complexity index is 820. The molecule has 3 rings (SSSR count). The molecule has 0 heteroatoms. The van der Waals surface area contributed by atoms with Gasteiger partial charge in [-0.25, -0.2) is 0 Å². The molecule has 0 radical (unpaired) electrons. The van der Waals surface area contributed by atoms with Gasteiger partial charge < -0.3 is 0 Å². The third-order valence-corrected chi connectivity index (χ3v) is 6.86. The van der Waals surface area contributed by atoms with E-state index in [9.17, 15) is 0 Å². The summed E-state index contributed by atoms with van der Waals surface area (Å²) in [5, 5.41) is 0. The second-order valence-corrected chi connectivity index (χ2v) is 9.55. The van der Waals surface area contributed by atoms with Crippen LogP contribution in [-0.4, -0.2) is 0 Å². The first-order valence-corrected chi connectivity index (χ1v) is 12.5. The molecule has 0 bridgehead atoms. The van der Waals surface area contributed by atoms with E-state index in [1.807, 2.05) is 6.08 Å². The number of benzene rings is 2. The van der Waals surface area contributed by atoms with Crippen molar-refractivity contribution in [3.05, 3.63) is 83.4 Å². The van der Waals surface area contributed by atoms with E-state index in [2.05, 4.69) is 73.9 Å². The zero-order valence-electron chi connectivity index (χ0n) is 19.5. The number of rotatable bonds is 10. The van der Waals surface area contributed by atoms with Crippen LogP contribution < -0.4 is 0 Å². The topological polar surface area (TPSA) is 0 Å². The molecule has 1 fully saturated rings. The van der Waals surface area contributed by atoms with Crippen molar-refractivity contribution in [3.63, 3.8) is 0 Å². The van der Waals surface area contributed by atoms with Crippen molar-refractivity contribution in [2.75, 3.05) is 0 Å². The molecule has 0 aromatic heterocycles. The predicted molar refractivity (Wildman–Crippen MR) is 135 cm³/mol. The van der Waals surface area contributed by atoms with E-state index in [1.165, 1.54) is 81.8 Å². The molecule has 0 nitrogen and oxygen atoms in total. The summed E-state index contributed by atoms with van der Waals surface area (Å²) >= 11 is 0. The summed E-state index contributed by atoms with van der Waals surface area (Å²) in [6.45, 7) is 6.19. The molecule has 0 amide bonds. The highest BCUT2D eigenvalue weighted by Crippen LogP contribution is 2.31. The van der Waals surface area contributed by atoms with Crippen LogP contribution in [0.3, 0.4) is 0 Å². The number of hydrogen-bond donors (Lipinski definition) is 0. The second-order valence-electron chi connectivity index (χ2n) is 9.55. The smallest absolute Gasteiger partial charge is 0.0249 e. The van der Waals surface area contributed by atoms with Gasteiger partial charge >= 0.3 is 0 Å². The molecule has 0 atom stereocenters. The summed E-state index contributed by atoms with van der Waals surface area (Å²) in [5.41, 5.74) is 5.09. The Hall–Kier alpha value is -2.26. The van der Waals surface area contributed by atoms with Gasteiger partial charge in [0, 0.05) is 11.1 Å². The standard InChI is InChI=1S/C31H40/c1-3-4-5-6-7-8-9-27-14-16-29(17-15-27)20-21-31-24-22-30(23-25-31)19-18-28-12-10-26(2)11-13-28/h3,14-17,22-26,28H,1,4-13,18-19H2,2H3. The van der Waals surface area contributed by atoms with Gasteiger partial charge in [-0.3, -0.25) is 0 Å². The van der Waals surface area contributed by atoms with Crippen molar-refractivity contribution in [1.82, 2.24) is 0 Å². The van der Waals surface area contributed by atoms with Gasteiger partial charge in [0.2, 0.25) is 0 Å². The van der Waals surface area contributed by atoms with Crippen LogP contribution in [0.15, 0.2) is 61.2 Å². The lowest BCUT2D eigenvalue weighted by molar-refractivity contribution is 0.278. The number of aryl methyl sites for hydroxylation is 2. The van der Waals surface area contributed by atoms with Crippen LogP contribution in [0.4, 0.5) is 0 Å². The van der Waals surface area contributed by atoms with Crippen molar-refractivity contribution < 1.29 is 0 Å². The van der Waals surface area contributed by atoms with Crippen LogP contribution >= 0.6 is 0 Å². The molecule has 1 aliphatic carbocycles. The average Bonchev–Trinajstić information content (AvgIpc) is 2.81. The summed E-state index contributed by atoms with van der Waals surface area (Å²) < 4.78 is 0. The molecule has 0 spiro atoms. The lowest BCUT2D eigenvalue weighted by atomic mass is 9.80. The first-order chi connectivity index (χ1) is 15.2. The molecule has 0 heterocycles. The van der Waals surface area contributed by atoms with Gasteiger partial charge in [0.1, 0.15) is 0 Å². The Balaban J connectivity index is 1.41. The quantitative estimate of drug-likeness (QED) is 0.208. The number of unbranched alkanes of at least 4 members (excludes halogenated alkanes) is 4. The summed E-state index contributed by atoms with van der Waals surface area (Å²) in [4.78, 5) is 0. The fraction of sp³-hybridized carbons (Fsp3) is 0.484. The zero-order valence-corrected chi connectivity index (χ0v) is 19.5. The summed E-state index contributed by atoms with van der Waals surface area (Å²) in [6, 6.07) is 17.7. The summed E-state index contributed by atoms with van der Waals surface area (Å²) in [7, 11) is 0. The molecule has 2 aromatic carbocycles. The third-order valence-electron chi connectivity index (χ3n) is 6.86. The minimum atomic E-state index is 0.941. The monoisotopic (exact) mass is 412 g/mol. The van der Waals surface area contributed by atoms with Crippen LogP contribution in [0.2, 0.25) is 0 Å². The molecular weight excluding hydrogens is 372 g/mol. The molecule has 1 aliphatic rings. The zero-order chi connectivity index (χ0) is 21.7. The van der Waals surface area contributed by atoms with Crippen LogP contribution in [-0.2, 0) is 12.8 Å². The first kappa shape index (κ1) is 23.4. The minimum Gasteiger partial charge on any atom is -0.103 e. The lowest BCUT2D eigenvalue weighted by Crippen LogP contribution is -2.12. The van der Waals surface area contributed by atoms with E-state index >= 15 is 0 Å². The Morgan fingerprint density at radius 3 is 1.87 bits per heavy atom. The SMILES string of the molecule is C=CCCCCCCc1ccc(C#Cc2ccc(CCC3CCC(C)CC3)cc2)cc1. The fourth-order valence-electron chi connectivity index (χ4n) is 4.61. The van der Waals surface area contributed by atoms with Crippen LogP contribution in [0.1, 0.15) is 93.4 Å². The maximum Gasteiger partial charge on any atom is 0.0249 e. The summed E-state index contributed by atoms with van der Waals surface area (Å²) in [6.07, 6.45) is 17.8. The molecule has 0 N–H and O–H groups in total. The maximum atomic E-state index is 3.79. The second kappa shape index (κ2) is 13.2. The molecular formula is C31H40. The summed E-state index contributed by atoms with van der Waals surface area (Å²) in [5.74, 6) is 8.55. The number of allylic oxidation sites excluding steroid dienone is 1. The normalized spacial score (nSPS) is 18.2. The highest BCUT2D eigenvalue weighted by molar-refractivity contribution is 5.44. The van der Waals surface area contributed by atoms with E-state index in [0.717, 1.165) is 29.4 Å². The van der Waals surface area contributed by atoms with Crippen LogP contribution in [0.5, 0.6) is 0 Å². The van der Waals surface area contributed by atoms with Gasteiger partial charge in [-0.15, -0.1) is 6.58 Å². The Labute approximate surface area is 191 Å². The van der Waals surface area contributed by atoms with E-state index in [1.54, 1.807) is 0 Å². The van der Waals surface area contributed by atoms with E-state index in [0.29, 0.717) is 0 Å². The van der Waals surface area contributed by atoms with Crippen molar-refractivity contribution in [2.24, 2.45) is 11.8 Å². The Morgan fingerprint density at radius 1 is 0.742 bits per heavy atom. The van der Waals surface area contributed by atoms with Gasteiger partial charge in [-0.1, -0.05) is 87.6 Å². The highest BCUT2D eigenvalue weighted by Gasteiger charge is 2.17. The van der Waals surface area contributed by atoms with Gasteiger partial charge in [-0.2, -0.15) is 0 Å². The fourth-order valence-corrected chi connectivity index (χ4v) is 4.61. The predicted octanol–water partition coefficient (Wildman–Crippen LogP) is 8.52. The minimum absolute atomic E-state index is 0.941. The molecule has 164 valence electrons.